The van der Waals surface area contributed by atoms with Crippen molar-refractivity contribution in [2.75, 3.05) is 0 Å². The first-order valence-corrected chi connectivity index (χ1v) is 12.6. The number of hydrogen-bond donors (Lipinski definition) is 0. The first-order valence-electron chi connectivity index (χ1n) is 12.6. The third-order valence-corrected chi connectivity index (χ3v) is 6.61. The van der Waals surface area contributed by atoms with Crippen molar-refractivity contribution in [1.29, 1.82) is 0 Å². The second-order valence-corrected chi connectivity index (χ2v) is 8.74. The Balaban J connectivity index is 0.000000308. The van der Waals surface area contributed by atoms with Gasteiger partial charge in [-0.15, -0.1) is 0 Å². The molecular weight excluding hydrogens is 687 g/mol. The molecule has 0 saturated carbocycles. The molecule has 0 bridgehead atoms. The first kappa shape index (κ1) is 32.7. The van der Waals surface area contributed by atoms with Gasteiger partial charge in [-0.05, 0) is 12.1 Å². The van der Waals surface area contributed by atoms with E-state index >= 15 is 0 Å². The molecule has 0 atom stereocenters. The van der Waals surface area contributed by atoms with Crippen LogP contribution in [0.2, 0.25) is 0 Å². The maximum absolute atomic E-state index is 7.50. The molecule has 6 aromatic rings. The third kappa shape index (κ3) is 8.25. The molecule has 0 unspecified atom stereocenters. The van der Waals surface area contributed by atoms with E-state index in [4.69, 9.17) is 9.30 Å². The van der Waals surface area contributed by atoms with Crippen LogP contribution in [0.1, 0.15) is 0 Å². The van der Waals surface area contributed by atoms with E-state index in [0.717, 1.165) is 0 Å². The summed E-state index contributed by atoms with van der Waals surface area (Å²) in [6.45, 7) is 9.68. The summed E-state index contributed by atoms with van der Waals surface area (Å²) in [5.74, 6) is 0. The average molecular weight is 716 g/mol. The van der Waals surface area contributed by atoms with E-state index in [0.29, 0.717) is 6.67 Å². The van der Waals surface area contributed by atoms with Crippen molar-refractivity contribution in [3.8, 4) is 0 Å². The molecule has 6 rings (SSSR count). The Morgan fingerprint density at radius 1 is 0.463 bits per heavy atom. The largest absolute Gasteiger partial charge is 0.251 e. The molecule has 0 N–H and O–H groups in total. The molecule has 8 heteroatoms. The number of rotatable bonds is 6. The molecule has 0 fully saturated rings. The number of aromatic nitrogens is 4. The number of hydrogen-bond acceptors (Lipinski definition) is 2. The minimum atomic E-state index is -1.22. The Labute approximate surface area is 254 Å². The third-order valence-electron chi connectivity index (χ3n) is 6.61. The smallest absolute Gasteiger partial charge is 0.133 e. The fraction of sp³-hybridized carbons (Fsp3) is 0.0303. The van der Waals surface area contributed by atoms with Crippen LogP contribution >= 0.6 is 0 Å². The van der Waals surface area contributed by atoms with Crippen LogP contribution in [0, 0.1) is 13.3 Å². The standard InChI is InChI=1S/C24H20B.C7H8N4.2CO.Ir/c1-5-13-21(14-6-1)25(22-15-7-2-8-16-22,23-17-9-3-10-18-23)24-19-11-4-12-20-24;1-3-8-10(5-1)7-11-6-2-4-9-11;2*1-2;/h1-20H;1-6H,7H2;;;/q-1;;;;. The van der Waals surface area contributed by atoms with Gasteiger partial charge in [0, 0.05) is 44.9 Å². The summed E-state index contributed by atoms with van der Waals surface area (Å²) in [5.41, 5.74) is 5.36. The van der Waals surface area contributed by atoms with E-state index in [1.807, 2.05) is 33.9 Å². The van der Waals surface area contributed by atoms with Crippen LogP contribution in [0.4, 0.5) is 0 Å². The topological polar surface area (TPSA) is 75.4 Å². The van der Waals surface area contributed by atoms with Crippen molar-refractivity contribution in [1.82, 2.24) is 19.6 Å². The predicted octanol–water partition coefficient (Wildman–Crippen LogP) is 3.57. The summed E-state index contributed by atoms with van der Waals surface area (Å²) in [6.07, 6.45) is 6.10. The SMILES string of the molecule is [C-]#[O+].[C-]#[O+].[Ir].c1ccc([B-](c2ccccc2)(c2ccccc2)c2ccccc2)cc1.c1cnn(Cn2cccn2)c1. The maximum Gasteiger partial charge on any atom is 0.133 e. The van der Waals surface area contributed by atoms with Crippen molar-refractivity contribution < 1.29 is 29.4 Å². The quantitative estimate of drug-likeness (QED) is 0.150. The van der Waals surface area contributed by atoms with Crippen LogP contribution in [0.3, 0.4) is 0 Å². The van der Waals surface area contributed by atoms with Gasteiger partial charge in [-0.1, -0.05) is 121 Å². The van der Waals surface area contributed by atoms with Crippen molar-refractivity contribution in [3.05, 3.63) is 172 Å². The molecule has 0 spiro atoms. The van der Waals surface area contributed by atoms with Crippen molar-refractivity contribution in [2.45, 2.75) is 6.67 Å². The number of nitrogens with zero attached hydrogens (tertiary/aromatic N) is 4. The van der Waals surface area contributed by atoms with Gasteiger partial charge in [-0.25, -0.2) is 0 Å². The monoisotopic (exact) mass is 716 g/mol. The second-order valence-electron chi connectivity index (χ2n) is 8.74. The summed E-state index contributed by atoms with van der Waals surface area (Å²) in [4.78, 5) is 0. The molecule has 0 saturated heterocycles. The Morgan fingerprint density at radius 3 is 0.951 bits per heavy atom. The van der Waals surface area contributed by atoms with Gasteiger partial charge in [-0.2, -0.15) is 32.0 Å². The van der Waals surface area contributed by atoms with Crippen LogP contribution < -0.4 is 21.9 Å². The van der Waals surface area contributed by atoms with E-state index in [9.17, 15) is 0 Å². The van der Waals surface area contributed by atoms with Crippen molar-refractivity contribution in [2.24, 2.45) is 0 Å². The van der Waals surface area contributed by atoms with Gasteiger partial charge in [0.05, 0.1) is 0 Å². The molecule has 0 amide bonds. The van der Waals surface area contributed by atoms with Gasteiger partial charge in [0.2, 0.25) is 0 Å². The molecule has 1 radical (unpaired) electrons. The van der Waals surface area contributed by atoms with E-state index in [1.54, 1.807) is 12.4 Å². The molecule has 2 aromatic heterocycles. The zero-order chi connectivity index (χ0) is 28.5. The van der Waals surface area contributed by atoms with E-state index in [2.05, 4.69) is 145 Å². The van der Waals surface area contributed by atoms with Gasteiger partial charge >= 0.3 is 22.6 Å². The van der Waals surface area contributed by atoms with E-state index in [-0.39, 0.29) is 20.1 Å². The van der Waals surface area contributed by atoms with Crippen LogP contribution in [-0.4, -0.2) is 25.7 Å². The summed E-state index contributed by atoms with van der Waals surface area (Å²) in [7, 11) is 0. The molecule has 205 valence electrons. The van der Waals surface area contributed by atoms with Crippen LogP contribution in [0.15, 0.2) is 158 Å². The summed E-state index contributed by atoms with van der Waals surface area (Å²) >= 11 is 0. The average Bonchev–Trinajstić information content (AvgIpc) is 3.78. The Bertz CT molecular complexity index is 1330. The molecule has 4 aromatic carbocycles. The van der Waals surface area contributed by atoms with Crippen LogP contribution in [0.5, 0.6) is 0 Å². The van der Waals surface area contributed by atoms with Crippen molar-refractivity contribution >= 4 is 28.0 Å². The molecule has 0 aliphatic rings. The second kappa shape index (κ2) is 18.0. The normalized spacial score (nSPS) is 9.66. The maximum atomic E-state index is 7.50. The molecule has 0 aliphatic carbocycles. The molecule has 2 heterocycles. The van der Waals surface area contributed by atoms with Crippen LogP contribution in [-0.2, 0) is 36.1 Å². The minimum absolute atomic E-state index is 0. The zero-order valence-corrected chi connectivity index (χ0v) is 24.6. The van der Waals surface area contributed by atoms with Crippen LogP contribution in [0.25, 0.3) is 0 Å². The summed E-state index contributed by atoms with van der Waals surface area (Å²) < 4.78 is 18.6. The Morgan fingerprint density at radius 2 is 0.732 bits per heavy atom. The van der Waals surface area contributed by atoms with Gasteiger partial charge in [0.1, 0.15) is 12.8 Å². The molecule has 0 aliphatic heterocycles. The Kier molecular flexibility index (Phi) is 14.3. The minimum Gasteiger partial charge on any atom is -0.251 e. The van der Waals surface area contributed by atoms with Gasteiger partial charge in [0.15, 0.2) is 0 Å². The molecule has 41 heavy (non-hydrogen) atoms. The zero-order valence-electron chi connectivity index (χ0n) is 22.2. The van der Waals surface area contributed by atoms with Gasteiger partial charge < -0.3 is 0 Å². The summed E-state index contributed by atoms with van der Waals surface area (Å²) in [5, 5.41) is 8.09. The fourth-order valence-electron chi connectivity index (χ4n) is 5.04. The van der Waals surface area contributed by atoms with Gasteiger partial charge in [0.25, 0.3) is 0 Å². The molecule has 6 nitrogen and oxygen atoms in total. The summed E-state index contributed by atoms with van der Waals surface area (Å²) in [6, 6.07) is 47.3. The predicted molar refractivity (Wildman–Crippen MR) is 158 cm³/mol. The van der Waals surface area contributed by atoms with Crippen molar-refractivity contribution in [3.63, 3.8) is 0 Å². The molecular formula is C33H28BIrN4O2-. The Hall–Kier alpha value is -4.51. The first-order chi connectivity index (χ1) is 19.9. The fourth-order valence-corrected chi connectivity index (χ4v) is 5.04. The van der Waals surface area contributed by atoms with E-state index in [1.165, 1.54) is 21.9 Å². The van der Waals surface area contributed by atoms with Gasteiger partial charge in [-0.3, -0.25) is 9.36 Å². The van der Waals surface area contributed by atoms with E-state index < -0.39 is 6.15 Å². The number of benzene rings is 4.